The molecule has 4 rings (SSSR count). The highest BCUT2D eigenvalue weighted by Gasteiger charge is 2.36. The zero-order valence-corrected chi connectivity index (χ0v) is 30.0. The van der Waals surface area contributed by atoms with Gasteiger partial charge in [0.15, 0.2) is 11.5 Å². The van der Waals surface area contributed by atoms with Gasteiger partial charge in [0.05, 0.1) is 31.4 Å². The lowest BCUT2D eigenvalue weighted by atomic mass is 10.0. The first kappa shape index (κ1) is 37.7. The predicted octanol–water partition coefficient (Wildman–Crippen LogP) is 5.99. The van der Waals surface area contributed by atoms with E-state index in [9.17, 15) is 22.4 Å². The van der Waals surface area contributed by atoms with Gasteiger partial charge >= 0.3 is 0 Å². The quantitative estimate of drug-likeness (QED) is 0.162. The zero-order chi connectivity index (χ0) is 36.5. The summed E-state index contributed by atoms with van der Waals surface area (Å²) in [6.45, 7) is 6.97. The third-order valence-electron chi connectivity index (χ3n) is 7.69. The standard InChI is InChI=1S/C38H44FN3O7S/c1-7-49-31-19-17-30(18-20-31)42(50(45,46)32-21-22-34(47-5)35(24-32)48-6)26-36(43)41(25-28-13-15-29(39)16-14-28)33(37(44)40-38(2,3)4)23-27-11-9-8-10-12-27/h8-22,24,33H,7,23,25-26H2,1-6H3,(H,40,44). The number of benzene rings is 4. The summed E-state index contributed by atoms with van der Waals surface area (Å²) in [7, 11) is -1.59. The molecule has 0 aliphatic heterocycles. The molecule has 266 valence electrons. The van der Waals surface area contributed by atoms with Crippen LogP contribution in [0, 0.1) is 5.82 Å². The Labute approximate surface area is 293 Å². The third kappa shape index (κ3) is 9.75. The molecule has 4 aromatic carbocycles. The topological polar surface area (TPSA) is 114 Å². The largest absolute Gasteiger partial charge is 0.494 e. The molecule has 2 amide bonds. The van der Waals surface area contributed by atoms with Gasteiger partial charge in [-0.1, -0.05) is 42.5 Å². The minimum atomic E-state index is -4.42. The Morgan fingerprint density at radius 2 is 1.48 bits per heavy atom. The molecule has 0 heterocycles. The van der Waals surface area contributed by atoms with Gasteiger partial charge in [-0.05, 0) is 87.4 Å². The molecule has 1 atom stereocenters. The second-order valence-electron chi connectivity index (χ2n) is 12.5. The maximum atomic E-state index is 14.7. The molecule has 12 heteroatoms. The van der Waals surface area contributed by atoms with Crippen LogP contribution in [0.4, 0.5) is 10.1 Å². The maximum absolute atomic E-state index is 14.7. The summed E-state index contributed by atoms with van der Waals surface area (Å²) in [6.07, 6.45) is 0.140. The summed E-state index contributed by atoms with van der Waals surface area (Å²) in [5.74, 6) is -0.503. The fourth-order valence-corrected chi connectivity index (χ4v) is 6.73. The summed E-state index contributed by atoms with van der Waals surface area (Å²) < 4.78 is 60.1. The number of rotatable bonds is 15. The molecule has 0 spiro atoms. The monoisotopic (exact) mass is 705 g/mol. The van der Waals surface area contributed by atoms with E-state index in [4.69, 9.17) is 14.2 Å². The Hall–Kier alpha value is -5.10. The number of halogens is 1. The summed E-state index contributed by atoms with van der Waals surface area (Å²) >= 11 is 0. The molecular formula is C38H44FN3O7S. The zero-order valence-electron chi connectivity index (χ0n) is 29.2. The maximum Gasteiger partial charge on any atom is 0.264 e. The van der Waals surface area contributed by atoms with Crippen LogP contribution in [0.15, 0.2) is 102 Å². The van der Waals surface area contributed by atoms with Crippen molar-refractivity contribution < 1.29 is 36.6 Å². The summed E-state index contributed by atoms with van der Waals surface area (Å²) in [5.41, 5.74) is 0.899. The number of nitrogens with one attached hydrogen (secondary N) is 1. The van der Waals surface area contributed by atoms with E-state index in [2.05, 4.69) is 5.32 Å². The third-order valence-corrected chi connectivity index (χ3v) is 9.46. The molecule has 0 saturated carbocycles. The van der Waals surface area contributed by atoms with Gasteiger partial charge in [-0.3, -0.25) is 13.9 Å². The second-order valence-corrected chi connectivity index (χ2v) is 14.4. The SMILES string of the molecule is CCOc1ccc(N(CC(=O)N(Cc2ccc(F)cc2)C(Cc2ccccc2)C(=O)NC(C)(C)C)S(=O)(=O)c2ccc(OC)c(OC)c2)cc1. The van der Waals surface area contributed by atoms with Crippen LogP contribution < -0.4 is 23.8 Å². The molecule has 10 nitrogen and oxygen atoms in total. The van der Waals surface area contributed by atoms with Gasteiger partial charge in [0.25, 0.3) is 10.0 Å². The second kappa shape index (κ2) is 16.5. The van der Waals surface area contributed by atoms with Crippen molar-refractivity contribution in [1.29, 1.82) is 0 Å². The van der Waals surface area contributed by atoms with Crippen molar-refractivity contribution in [2.45, 2.75) is 57.1 Å². The number of hydrogen-bond donors (Lipinski definition) is 1. The first-order chi connectivity index (χ1) is 23.7. The van der Waals surface area contributed by atoms with E-state index in [1.807, 2.05) is 58.0 Å². The van der Waals surface area contributed by atoms with E-state index in [-0.39, 0.29) is 29.3 Å². The minimum absolute atomic E-state index is 0.0955. The molecule has 0 aliphatic rings. The van der Waals surface area contributed by atoms with Gasteiger partial charge in [-0.15, -0.1) is 0 Å². The Balaban J connectivity index is 1.84. The number of ether oxygens (including phenoxy) is 3. The molecule has 50 heavy (non-hydrogen) atoms. The van der Waals surface area contributed by atoms with Crippen LogP contribution in [-0.4, -0.2) is 64.1 Å². The lowest BCUT2D eigenvalue weighted by Crippen LogP contribution is -2.56. The van der Waals surface area contributed by atoms with E-state index >= 15 is 0 Å². The highest BCUT2D eigenvalue weighted by Crippen LogP contribution is 2.33. The molecule has 0 saturated heterocycles. The van der Waals surface area contributed by atoms with Crippen LogP contribution in [0.25, 0.3) is 0 Å². The van der Waals surface area contributed by atoms with Crippen molar-refractivity contribution in [2.75, 3.05) is 31.7 Å². The molecule has 1 N–H and O–H groups in total. The van der Waals surface area contributed by atoms with Gasteiger partial charge in [0.1, 0.15) is 24.2 Å². The first-order valence-electron chi connectivity index (χ1n) is 16.1. The Morgan fingerprint density at radius 3 is 2.06 bits per heavy atom. The van der Waals surface area contributed by atoms with Gasteiger partial charge in [-0.25, -0.2) is 12.8 Å². The van der Waals surface area contributed by atoms with Crippen molar-refractivity contribution in [3.8, 4) is 17.2 Å². The number of hydrogen-bond acceptors (Lipinski definition) is 7. The fraction of sp³-hybridized carbons (Fsp3) is 0.316. The lowest BCUT2D eigenvalue weighted by molar-refractivity contribution is -0.140. The molecular weight excluding hydrogens is 661 g/mol. The highest BCUT2D eigenvalue weighted by atomic mass is 32.2. The van der Waals surface area contributed by atoms with Crippen LogP contribution in [0.3, 0.4) is 0 Å². The number of sulfonamides is 1. The predicted molar refractivity (Wildman–Crippen MR) is 190 cm³/mol. The molecule has 0 radical (unpaired) electrons. The van der Waals surface area contributed by atoms with E-state index in [1.54, 1.807) is 24.3 Å². The highest BCUT2D eigenvalue weighted by molar-refractivity contribution is 7.92. The van der Waals surface area contributed by atoms with E-state index in [1.165, 1.54) is 61.6 Å². The van der Waals surface area contributed by atoms with Crippen LogP contribution >= 0.6 is 0 Å². The van der Waals surface area contributed by atoms with Crippen LogP contribution in [0.2, 0.25) is 0 Å². The van der Waals surface area contributed by atoms with Crippen molar-refractivity contribution in [3.63, 3.8) is 0 Å². The van der Waals surface area contributed by atoms with Gasteiger partial charge < -0.3 is 24.4 Å². The molecule has 0 aliphatic carbocycles. The van der Waals surface area contributed by atoms with E-state index in [0.29, 0.717) is 23.7 Å². The van der Waals surface area contributed by atoms with Crippen LogP contribution in [0.5, 0.6) is 17.2 Å². The summed E-state index contributed by atoms with van der Waals surface area (Å²) in [4.78, 5) is 29.9. The fourth-order valence-electron chi connectivity index (χ4n) is 5.30. The normalized spacial score (nSPS) is 12.1. The number of carbonyl (C=O) groups is 2. The van der Waals surface area contributed by atoms with E-state index < -0.39 is 45.8 Å². The molecule has 4 aromatic rings. The molecule has 0 aromatic heterocycles. The summed E-state index contributed by atoms with van der Waals surface area (Å²) in [5, 5.41) is 2.99. The van der Waals surface area contributed by atoms with E-state index in [0.717, 1.165) is 9.87 Å². The number of amides is 2. The van der Waals surface area contributed by atoms with Crippen molar-refractivity contribution >= 4 is 27.5 Å². The number of anilines is 1. The number of methoxy groups -OCH3 is 2. The van der Waals surface area contributed by atoms with Crippen molar-refractivity contribution in [2.24, 2.45) is 0 Å². The van der Waals surface area contributed by atoms with Gasteiger partial charge in [-0.2, -0.15) is 0 Å². The Morgan fingerprint density at radius 1 is 0.840 bits per heavy atom. The summed E-state index contributed by atoms with van der Waals surface area (Å²) in [6, 6.07) is 24.3. The van der Waals surface area contributed by atoms with Crippen LogP contribution in [-0.2, 0) is 32.6 Å². The Bertz CT molecular complexity index is 1850. The number of nitrogens with zero attached hydrogens (tertiary/aromatic N) is 2. The Kier molecular flexibility index (Phi) is 12.5. The first-order valence-corrected chi connectivity index (χ1v) is 17.6. The average Bonchev–Trinajstić information content (AvgIpc) is 3.09. The van der Waals surface area contributed by atoms with Crippen LogP contribution in [0.1, 0.15) is 38.8 Å². The average molecular weight is 706 g/mol. The molecule has 0 bridgehead atoms. The minimum Gasteiger partial charge on any atom is -0.494 e. The molecule has 0 fully saturated rings. The number of carbonyl (C=O) groups excluding carboxylic acids is 2. The lowest BCUT2D eigenvalue weighted by Gasteiger charge is -2.35. The van der Waals surface area contributed by atoms with Crippen molar-refractivity contribution in [1.82, 2.24) is 10.2 Å². The van der Waals surface area contributed by atoms with Gasteiger partial charge in [0.2, 0.25) is 11.8 Å². The van der Waals surface area contributed by atoms with Gasteiger partial charge in [0, 0.05) is 24.6 Å². The van der Waals surface area contributed by atoms with Crippen molar-refractivity contribution in [3.05, 3.63) is 114 Å². The molecule has 1 unspecified atom stereocenters. The smallest absolute Gasteiger partial charge is 0.264 e.